The Morgan fingerprint density at radius 2 is 1.55 bits per heavy atom. The van der Waals surface area contributed by atoms with Gasteiger partial charge in [-0.25, -0.2) is 0 Å². The van der Waals surface area contributed by atoms with E-state index in [1.54, 1.807) is 53.6 Å². The van der Waals surface area contributed by atoms with Crippen molar-refractivity contribution in [3.8, 4) is 5.75 Å². The number of piperidine rings is 1. The van der Waals surface area contributed by atoms with Crippen molar-refractivity contribution < 1.29 is 23.9 Å². The number of aromatic nitrogens is 1. The number of ether oxygens (including phenoxy) is 2. The van der Waals surface area contributed by atoms with E-state index < -0.39 is 11.8 Å². The first-order valence-electron chi connectivity index (χ1n) is 13.6. The molecule has 0 saturated carbocycles. The molecule has 1 spiro atoms. The lowest BCUT2D eigenvalue weighted by Gasteiger charge is -2.44. The molecule has 2 aliphatic rings. The molecule has 2 saturated heterocycles. The minimum absolute atomic E-state index is 0.0461. The molecule has 0 bridgehead atoms. The highest BCUT2D eigenvalue weighted by molar-refractivity contribution is 5.99. The highest BCUT2D eigenvalue weighted by atomic mass is 16.5. The first kappa shape index (κ1) is 27.3. The molecule has 1 unspecified atom stereocenters. The number of amides is 3. The van der Waals surface area contributed by atoms with E-state index in [9.17, 15) is 14.4 Å². The van der Waals surface area contributed by atoms with Crippen LogP contribution in [0.15, 0.2) is 73.1 Å². The van der Waals surface area contributed by atoms with Crippen LogP contribution in [0.3, 0.4) is 0 Å². The summed E-state index contributed by atoms with van der Waals surface area (Å²) in [5.74, 6) is 0.00811. The molecule has 1 atom stereocenters. The SMILES string of the molecule is CCc1ccc(C(=O)N2CCC3(CC2)OCC(C(=O)NCc2ccncc2)N3C(=O)c2ccc(OC)cc2)cc1. The molecule has 1 aromatic heterocycles. The van der Waals surface area contributed by atoms with E-state index in [1.807, 2.05) is 36.4 Å². The number of benzene rings is 2. The van der Waals surface area contributed by atoms with Crippen LogP contribution < -0.4 is 10.1 Å². The molecule has 2 fully saturated rings. The fraction of sp³-hybridized carbons (Fsp3) is 0.355. The molecule has 3 amide bonds. The van der Waals surface area contributed by atoms with Crippen LogP contribution in [0.2, 0.25) is 0 Å². The number of hydrogen-bond donors (Lipinski definition) is 1. The Hall–Kier alpha value is -4.24. The molecule has 208 valence electrons. The van der Waals surface area contributed by atoms with Crippen LogP contribution in [0.25, 0.3) is 0 Å². The number of nitrogens with zero attached hydrogens (tertiary/aromatic N) is 3. The van der Waals surface area contributed by atoms with E-state index in [-0.39, 0.29) is 24.3 Å². The van der Waals surface area contributed by atoms with Gasteiger partial charge in [-0.3, -0.25) is 24.3 Å². The van der Waals surface area contributed by atoms with Crippen LogP contribution in [-0.2, 0) is 22.5 Å². The Kier molecular flexibility index (Phi) is 8.11. The Labute approximate surface area is 234 Å². The van der Waals surface area contributed by atoms with Crippen molar-refractivity contribution in [2.75, 3.05) is 26.8 Å². The molecular formula is C31H34N4O5. The Balaban J connectivity index is 1.35. The van der Waals surface area contributed by atoms with Gasteiger partial charge in [0.05, 0.1) is 13.7 Å². The van der Waals surface area contributed by atoms with Gasteiger partial charge < -0.3 is 19.7 Å². The number of carbonyl (C=O) groups is 3. The average molecular weight is 543 g/mol. The lowest BCUT2D eigenvalue weighted by atomic mass is 9.96. The van der Waals surface area contributed by atoms with E-state index in [1.165, 1.54) is 5.56 Å². The third-order valence-corrected chi connectivity index (χ3v) is 7.78. The molecule has 3 aromatic rings. The Morgan fingerprint density at radius 1 is 0.925 bits per heavy atom. The lowest BCUT2D eigenvalue weighted by Crippen LogP contribution is -2.59. The number of hydrogen-bond acceptors (Lipinski definition) is 6. The molecule has 1 N–H and O–H groups in total. The topological polar surface area (TPSA) is 101 Å². The van der Waals surface area contributed by atoms with Gasteiger partial charge in [-0.05, 0) is 66.1 Å². The molecule has 0 radical (unpaired) electrons. The average Bonchev–Trinajstić information content (AvgIpc) is 3.38. The lowest BCUT2D eigenvalue weighted by molar-refractivity contribution is -0.128. The zero-order valence-corrected chi connectivity index (χ0v) is 22.8. The molecular weight excluding hydrogens is 508 g/mol. The second kappa shape index (κ2) is 11.9. The van der Waals surface area contributed by atoms with E-state index >= 15 is 0 Å². The van der Waals surface area contributed by atoms with Gasteiger partial charge in [0.15, 0.2) is 0 Å². The van der Waals surface area contributed by atoms with E-state index in [4.69, 9.17) is 9.47 Å². The highest BCUT2D eigenvalue weighted by Crippen LogP contribution is 2.39. The fourth-order valence-corrected chi connectivity index (χ4v) is 5.37. The third kappa shape index (κ3) is 5.56. The maximum Gasteiger partial charge on any atom is 0.256 e. The van der Waals surface area contributed by atoms with Crippen molar-refractivity contribution >= 4 is 17.7 Å². The van der Waals surface area contributed by atoms with E-state index in [0.717, 1.165) is 12.0 Å². The summed E-state index contributed by atoms with van der Waals surface area (Å²) in [6.45, 7) is 3.29. The molecule has 2 aliphatic heterocycles. The number of nitrogens with one attached hydrogen (secondary N) is 1. The summed E-state index contributed by atoms with van der Waals surface area (Å²) in [5.41, 5.74) is 2.17. The quantitative estimate of drug-likeness (QED) is 0.491. The van der Waals surface area contributed by atoms with Crippen LogP contribution in [0.4, 0.5) is 0 Å². The standard InChI is InChI=1S/C31H34N4O5/c1-3-22-4-6-24(7-5-22)29(37)34-18-14-31(15-19-34)35(30(38)25-8-10-26(39-2)11-9-25)27(21-40-31)28(36)33-20-23-12-16-32-17-13-23/h4-13,16-17,27H,3,14-15,18-21H2,1-2H3,(H,33,36). The zero-order chi connectivity index (χ0) is 28.1. The summed E-state index contributed by atoms with van der Waals surface area (Å²) in [4.78, 5) is 48.0. The number of methoxy groups -OCH3 is 1. The van der Waals surface area contributed by atoms with Gasteiger partial charge in [-0.1, -0.05) is 19.1 Å². The van der Waals surface area contributed by atoms with Crippen LogP contribution in [-0.4, -0.2) is 71.1 Å². The summed E-state index contributed by atoms with van der Waals surface area (Å²) in [6, 6.07) is 17.4. The minimum atomic E-state index is -0.988. The maximum atomic E-state index is 13.9. The zero-order valence-electron chi connectivity index (χ0n) is 22.8. The normalized spacial score (nSPS) is 18.0. The minimum Gasteiger partial charge on any atom is -0.497 e. The predicted octanol–water partition coefficient (Wildman–Crippen LogP) is 3.44. The largest absolute Gasteiger partial charge is 0.497 e. The molecule has 2 aromatic carbocycles. The van der Waals surface area contributed by atoms with Gasteiger partial charge in [-0.15, -0.1) is 0 Å². The molecule has 40 heavy (non-hydrogen) atoms. The van der Waals surface area contributed by atoms with Crippen molar-refractivity contribution in [3.05, 3.63) is 95.3 Å². The second-order valence-corrected chi connectivity index (χ2v) is 10.1. The molecule has 5 rings (SSSR count). The first-order valence-corrected chi connectivity index (χ1v) is 13.6. The van der Waals surface area contributed by atoms with Crippen molar-refractivity contribution in [3.63, 3.8) is 0 Å². The fourth-order valence-electron chi connectivity index (χ4n) is 5.37. The summed E-state index contributed by atoms with van der Waals surface area (Å²) < 4.78 is 11.5. The van der Waals surface area contributed by atoms with Gasteiger partial charge in [0.2, 0.25) is 5.91 Å². The molecule has 9 heteroatoms. The summed E-state index contributed by atoms with van der Waals surface area (Å²) in [6.07, 6.45) is 5.06. The van der Waals surface area contributed by atoms with Gasteiger partial charge in [-0.2, -0.15) is 0 Å². The Bertz CT molecular complexity index is 1340. The van der Waals surface area contributed by atoms with Gasteiger partial charge in [0.1, 0.15) is 17.5 Å². The molecule has 9 nitrogen and oxygen atoms in total. The smallest absolute Gasteiger partial charge is 0.256 e. The maximum absolute atomic E-state index is 13.9. The van der Waals surface area contributed by atoms with Crippen LogP contribution in [0, 0.1) is 0 Å². The summed E-state index contributed by atoms with van der Waals surface area (Å²) in [5, 5.41) is 2.95. The number of carbonyl (C=O) groups excluding carboxylic acids is 3. The summed E-state index contributed by atoms with van der Waals surface area (Å²) in [7, 11) is 1.57. The van der Waals surface area contributed by atoms with Crippen molar-refractivity contribution in [1.82, 2.24) is 20.1 Å². The van der Waals surface area contributed by atoms with Crippen molar-refractivity contribution in [1.29, 1.82) is 0 Å². The third-order valence-electron chi connectivity index (χ3n) is 7.78. The second-order valence-electron chi connectivity index (χ2n) is 10.1. The van der Waals surface area contributed by atoms with E-state index in [2.05, 4.69) is 17.2 Å². The number of pyridine rings is 1. The van der Waals surface area contributed by atoms with Crippen LogP contribution in [0.5, 0.6) is 5.75 Å². The number of aryl methyl sites for hydroxylation is 1. The highest BCUT2D eigenvalue weighted by Gasteiger charge is 2.54. The monoisotopic (exact) mass is 542 g/mol. The summed E-state index contributed by atoms with van der Waals surface area (Å²) >= 11 is 0. The number of likely N-dealkylation sites (tertiary alicyclic amines) is 1. The van der Waals surface area contributed by atoms with Crippen molar-refractivity contribution in [2.45, 2.75) is 44.5 Å². The molecule has 0 aliphatic carbocycles. The van der Waals surface area contributed by atoms with E-state index in [0.29, 0.717) is 49.4 Å². The van der Waals surface area contributed by atoms with Gasteiger partial charge in [0, 0.05) is 56.0 Å². The first-order chi connectivity index (χ1) is 19.4. The predicted molar refractivity (Wildman–Crippen MR) is 149 cm³/mol. The van der Waals surface area contributed by atoms with Crippen molar-refractivity contribution in [2.24, 2.45) is 0 Å². The Morgan fingerprint density at radius 3 is 2.17 bits per heavy atom. The number of rotatable bonds is 7. The van der Waals surface area contributed by atoms with Crippen LogP contribution >= 0.6 is 0 Å². The van der Waals surface area contributed by atoms with Gasteiger partial charge in [0.25, 0.3) is 11.8 Å². The van der Waals surface area contributed by atoms with Crippen LogP contribution in [0.1, 0.15) is 51.6 Å². The van der Waals surface area contributed by atoms with Gasteiger partial charge >= 0.3 is 0 Å². The molecule has 3 heterocycles.